The van der Waals surface area contributed by atoms with E-state index in [2.05, 4.69) is 49.9 Å². The minimum atomic E-state index is 0.352. The van der Waals surface area contributed by atoms with Crippen LogP contribution in [0.15, 0.2) is 24.3 Å². The van der Waals surface area contributed by atoms with Crippen LogP contribution < -0.4 is 5.73 Å². The minimum Gasteiger partial charge on any atom is -0.326 e. The fourth-order valence-electron chi connectivity index (χ4n) is 2.49. The van der Waals surface area contributed by atoms with E-state index in [1.54, 1.807) is 0 Å². The van der Waals surface area contributed by atoms with Crippen LogP contribution in [-0.2, 0) is 6.54 Å². The van der Waals surface area contributed by atoms with Crippen LogP contribution in [-0.4, -0.2) is 24.0 Å². The highest BCUT2D eigenvalue weighted by Crippen LogP contribution is 2.19. The summed E-state index contributed by atoms with van der Waals surface area (Å²) in [6, 6.07) is 9.36. The molecule has 2 unspecified atom stereocenters. The van der Waals surface area contributed by atoms with Crippen molar-refractivity contribution in [1.29, 1.82) is 0 Å². The van der Waals surface area contributed by atoms with Gasteiger partial charge in [0.1, 0.15) is 0 Å². The standard InChI is InChI=1S/C15H24N2/c1-11(2)14-6-4-13(5-7-14)9-17-8-12(3)15(16)10-17/h4-7,11-12,15H,8-10,16H2,1-3H3. The van der Waals surface area contributed by atoms with Crippen LogP contribution in [0, 0.1) is 5.92 Å². The summed E-state index contributed by atoms with van der Waals surface area (Å²) in [5.41, 5.74) is 8.86. The number of rotatable bonds is 3. The van der Waals surface area contributed by atoms with Crippen molar-refractivity contribution >= 4 is 0 Å². The molecule has 94 valence electrons. The maximum atomic E-state index is 6.04. The molecule has 0 saturated carbocycles. The van der Waals surface area contributed by atoms with E-state index in [4.69, 9.17) is 5.73 Å². The molecule has 2 nitrogen and oxygen atoms in total. The summed E-state index contributed by atoms with van der Waals surface area (Å²) in [4.78, 5) is 2.46. The molecule has 2 rings (SSSR count). The zero-order valence-electron chi connectivity index (χ0n) is 11.2. The molecule has 0 aliphatic carbocycles. The normalized spacial score (nSPS) is 25.7. The van der Waals surface area contributed by atoms with Crippen molar-refractivity contribution in [2.45, 2.75) is 39.3 Å². The summed E-state index contributed by atoms with van der Waals surface area (Å²) >= 11 is 0. The second-order valence-electron chi connectivity index (χ2n) is 5.73. The van der Waals surface area contributed by atoms with Crippen molar-refractivity contribution < 1.29 is 0 Å². The highest BCUT2D eigenvalue weighted by atomic mass is 15.2. The lowest BCUT2D eigenvalue weighted by Crippen LogP contribution is -2.28. The molecule has 2 atom stereocenters. The van der Waals surface area contributed by atoms with Gasteiger partial charge in [0.25, 0.3) is 0 Å². The molecule has 1 heterocycles. The molecule has 1 aliphatic rings. The van der Waals surface area contributed by atoms with Crippen molar-refractivity contribution in [3.8, 4) is 0 Å². The summed E-state index contributed by atoms with van der Waals surface area (Å²) < 4.78 is 0. The van der Waals surface area contributed by atoms with E-state index in [-0.39, 0.29) is 0 Å². The Kier molecular flexibility index (Phi) is 3.85. The number of nitrogens with zero attached hydrogens (tertiary/aromatic N) is 1. The third-order valence-corrected chi connectivity index (χ3v) is 3.80. The van der Waals surface area contributed by atoms with Crippen molar-refractivity contribution in [3.05, 3.63) is 35.4 Å². The van der Waals surface area contributed by atoms with E-state index in [1.807, 2.05) is 0 Å². The maximum absolute atomic E-state index is 6.04. The van der Waals surface area contributed by atoms with Gasteiger partial charge < -0.3 is 5.73 Å². The Bertz CT molecular complexity index is 346. The SMILES string of the molecule is CC(C)c1ccc(CN2CC(C)C(N)C2)cc1. The van der Waals surface area contributed by atoms with Crippen molar-refractivity contribution in [2.75, 3.05) is 13.1 Å². The fraction of sp³-hybridized carbons (Fsp3) is 0.600. The summed E-state index contributed by atoms with van der Waals surface area (Å²) in [6.07, 6.45) is 0. The van der Waals surface area contributed by atoms with Crippen LogP contribution in [0.5, 0.6) is 0 Å². The number of hydrogen-bond acceptors (Lipinski definition) is 2. The second-order valence-corrected chi connectivity index (χ2v) is 5.73. The first-order valence-corrected chi connectivity index (χ1v) is 6.63. The second kappa shape index (κ2) is 5.19. The van der Waals surface area contributed by atoms with Gasteiger partial charge in [0, 0.05) is 25.7 Å². The lowest BCUT2D eigenvalue weighted by Gasteiger charge is -2.15. The van der Waals surface area contributed by atoms with E-state index >= 15 is 0 Å². The summed E-state index contributed by atoms with van der Waals surface area (Å²) in [6.45, 7) is 9.91. The Morgan fingerprint density at radius 3 is 2.35 bits per heavy atom. The monoisotopic (exact) mass is 232 g/mol. The van der Waals surface area contributed by atoms with Gasteiger partial charge in [-0.15, -0.1) is 0 Å². The smallest absolute Gasteiger partial charge is 0.0234 e. The average molecular weight is 232 g/mol. The van der Waals surface area contributed by atoms with Gasteiger partial charge in [-0.05, 0) is 23.0 Å². The molecular formula is C15H24N2. The Hall–Kier alpha value is -0.860. The lowest BCUT2D eigenvalue weighted by molar-refractivity contribution is 0.319. The lowest BCUT2D eigenvalue weighted by atomic mass is 10.0. The molecule has 1 fully saturated rings. The van der Waals surface area contributed by atoms with Crippen molar-refractivity contribution in [3.63, 3.8) is 0 Å². The topological polar surface area (TPSA) is 29.3 Å². The number of nitrogens with two attached hydrogens (primary N) is 1. The maximum Gasteiger partial charge on any atom is 0.0234 e. The first kappa shape index (κ1) is 12.6. The van der Waals surface area contributed by atoms with Gasteiger partial charge in [0.05, 0.1) is 0 Å². The Balaban J connectivity index is 1.95. The van der Waals surface area contributed by atoms with Gasteiger partial charge in [0.2, 0.25) is 0 Å². The minimum absolute atomic E-state index is 0.352. The average Bonchev–Trinajstić information content (AvgIpc) is 2.58. The van der Waals surface area contributed by atoms with Crippen LogP contribution in [0.25, 0.3) is 0 Å². The zero-order valence-corrected chi connectivity index (χ0v) is 11.2. The Morgan fingerprint density at radius 2 is 1.88 bits per heavy atom. The molecule has 0 spiro atoms. The Labute approximate surface area is 105 Å². The number of hydrogen-bond donors (Lipinski definition) is 1. The molecule has 1 aromatic rings. The first-order valence-electron chi connectivity index (χ1n) is 6.63. The molecule has 2 heteroatoms. The number of likely N-dealkylation sites (tertiary alicyclic amines) is 1. The van der Waals surface area contributed by atoms with Crippen LogP contribution in [0.1, 0.15) is 37.8 Å². The summed E-state index contributed by atoms with van der Waals surface area (Å²) in [5, 5.41) is 0. The zero-order chi connectivity index (χ0) is 12.4. The van der Waals surface area contributed by atoms with Crippen LogP contribution in [0.3, 0.4) is 0 Å². The third kappa shape index (κ3) is 3.08. The van der Waals surface area contributed by atoms with Crippen molar-refractivity contribution in [2.24, 2.45) is 11.7 Å². The molecule has 0 bridgehead atoms. The Morgan fingerprint density at radius 1 is 1.24 bits per heavy atom. The molecule has 1 aromatic carbocycles. The predicted molar refractivity (Wildman–Crippen MR) is 72.9 cm³/mol. The number of benzene rings is 1. The molecule has 2 N–H and O–H groups in total. The largest absolute Gasteiger partial charge is 0.326 e. The molecule has 0 amide bonds. The first-order chi connectivity index (χ1) is 8.06. The van der Waals surface area contributed by atoms with Crippen molar-refractivity contribution in [1.82, 2.24) is 4.90 Å². The van der Waals surface area contributed by atoms with Crippen LogP contribution in [0.4, 0.5) is 0 Å². The summed E-state index contributed by atoms with van der Waals surface area (Å²) in [7, 11) is 0. The van der Waals surface area contributed by atoms with Gasteiger partial charge in [-0.25, -0.2) is 0 Å². The predicted octanol–water partition coefficient (Wildman–Crippen LogP) is 2.59. The highest BCUT2D eigenvalue weighted by molar-refractivity contribution is 5.24. The molecular weight excluding hydrogens is 208 g/mol. The van der Waals surface area contributed by atoms with Gasteiger partial charge in [-0.2, -0.15) is 0 Å². The van der Waals surface area contributed by atoms with Crippen LogP contribution in [0.2, 0.25) is 0 Å². The highest BCUT2D eigenvalue weighted by Gasteiger charge is 2.26. The van der Waals surface area contributed by atoms with Gasteiger partial charge in [-0.3, -0.25) is 4.90 Å². The van der Waals surface area contributed by atoms with E-state index in [9.17, 15) is 0 Å². The van der Waals surface area contributed by atoms with Gasteiger partial charge >= 0.3 is 0 Å². The van der Waals surface area contributed by atoms with Gasteiger partial charge in [0.15, 0.2) is 0 Å². The van der Waals surface area contributed by atoms with E-state index < -0.39 is 0 Å². The molecule has 1 aliphatic heterocycles. The van der Waals surface area contributed by atoms with E-state index in [0.717, 1.165) is 19.6 Å². The molecule has 1 saturated heterocycles. The molecule has 17 heavy (non-hydrogen) atoms. The molecule has 0 radical (unpaired) electrons. The van der Waals surface area contributed by atoms with Gasteiger partial charge in [-0.1, -0.05) is 45.0 Å². The third-order valence-electron chi connectivity index (χ3n) is 3.80. The summed E-state index contributed by atoms with van der Waals surface area (Å²) in [5.74, 6) is 1.24. The quantitative estimate of drug-likeness (QED) is 0.868. The molecule has 0 aromatic heterocycles. The van der Waals surface area contributed by atoms with Crippen LogP contribution >= 0.6 is 0 Å². The van der Waals surface area contributed by atoms with E-state index in [0.29, 0.717) is 17.9 Å². The fourth-order valence-corrected chi connectivity index (χ4v) is 2.49. The van der Waals surface area contributed by atoms with E-state index in [1.165, 1.54) is 11.1 Å².